The van der Waals surface area contributed by atoms with Gasteiger partial charge in [-0.05, 0) is 28.9 Å². The summed E-state index contributed by atoms with van der Waals surface area (Å²) in [5, 5.41) is -0.124. The van der Waals surface area contributed by atoms with Crippen molar-refractivity contribution in [2.24, 2.45) is 0 Å². The lowest BCUT2D eigenvalue weighted by atomic mass is 10.1. The van der Waals surface area contributed by atoms with E-state index in [1.807, 2.05) is 0 Å². The van der Waals surface area contributed by atoms with Crippen molar-refractivity contribution in [3.05, 3.63) is 26.9 Å². The van der Waals surface area contributed by atoms with Gasteiger partial charge in [0.05, 0.1) is 29.3 Å². The van der Waals surface area contributed by atoms with Gasteiger partial charge in [-0.1, -0.05) is 11.6 Å². The Hall–Kier alpha value is -0.750. The van der Waals surface area contributed by atoms with E-state index >= 15 is 0 Å². The molecule has 0 saturated heterocycles. The van der Waals surface area contributed by atoms with Crippen LogP contribution < -0.4 is 0 Å². The lowest BCUT2D eigenvalue weighted by Crippen LogP contribution is -2.11. The number of esters is 1. The average molecular weight is 329 g/mol. The number of alkyl halides is 2. The Bertz CT molecular complexity index is 429. The lowest BCUT2D eigenvalue weighted by molar-refractivity contribution is -0.142. The molecule has 0 aliphatic carbocycles. The molecule has 1 heterocycles. The molecule has 0 aliphatic rings. The fraction of sp³-hybridized carbons (Fsp3) is 0.400. The summed E-state index contributed by atoms with van der Waals surface area (Å²) >= 11 is 8.72. The van der Waals surface area contributed by atoms with E-state index in [1.165, 1.54) is 6.07 Å². The van der Waals surface area contributed by atoms with Gasteiger partial charge in [0, 0.05) is 0 Å². The normalized spacial score (nSPS) is 10.7. The minimum Gasteiger partial charge on any atom is -0.466 e. The van der Waals surface area contributed by atoms with E-state index in [0.717, 1.165) is 0 Å². The highest BCUT2D eigenvalue weighted by atomic mass is 79.9. The summed E-state index contributed by atoms with van der Waals surface area (Å²) in [6.07, 6.45) is -3.11. The number of hydrogen-bond donors (Lipinski definition) is 0. The van der Waals surface area contributed by atoms with E-state index in [1.54, 1.807) is 6.92 Å². The highest BCUT2D eigenvalue weighted by molar-refractivity contribution is 9.10. The second kappa shape index (κ2) is 6.26. The minimum atomic E-state index is -2.78. The molecule has 0 saturated carbocycles. The van der Waals surface area contributed by atoms with Gasteiger partial charge in [0.2, 0.25) is 0 Å². The first-order chi connectivity index (χ1) is 7.95. The number of nitrogens with zero attached hydrogens (tertiary/aromatic N) is 1. The molecule has 0 unspecified atom stereocenters. The molecular formula is C10H9BrClF2NO2. The first-order valence-corrected chi connectivity index (χ1v) is 5.91. The third-order valence-corrected chi connectivity index (χ3v) is 2.61. The number of carbonyl (C=O) groups excluding carboxylic acids is 1. The predicted molar refractivity (Wildman–Crippen MR) is 62.2 cm³/mol. The quantitative estimate of drug-likeness (QED) is 0.627. The van der Waals surface area contributed by atoms with E-state index in [0.29, 0.717) is 4.60 Å². The van der Waals surface area contributed by atoms with Gasteiger partial charge in [-0.15, -0.1) is 0 Å². The third kappa shape index (κ3) is 3.89. The van der Waals surface area contributed by atoms with Crippen LogP contribution in [0.1, 0.15) is 24.6 Å². The summed E-state index contributed by atoms with van der Waals surface area (Å²) in [7, 11) is 0. The van der Waals surface area contributed by atoms with Crippen molar-refractivity contribution >= 4 is 33.5 Å². The van der Waals surface area contributed by atoms with Crippen molar-refractivity contribution in [2.45, 2.75) is 19.8 Å². The molecule has 1 rings (SSSR count). The molecule has 94 valence electrons. The van der Waals surface area contributed by atoms with Crippen LogP contribution in [0.3, 0.4) is 0 Å². The van der Waals surface area contributed by atoms with E-state index in [2.05, 4.69) is 25.7 Å². The van der Waals surface area contributed by atoms with Crippen LogP contribution in [0.15, 0.2) is 10.7 Å². The monoisotopic (exact) mass is 327 g/mol. The van der Waals surface area contributed by atoms with E-state index in [9.17, 15) is 13.6 Å². The fourth-order valence-electron chi connectivity index (χ4n) is 1.26. The van der Waals surface area contributed by atoms with E-state index in [-0.39, 0.29) is 23.7 Å². The van der Waals surface area contributed by atoms with Gasteiger partial charge in [0.15, 0.2) is 0 Å². The highest BCUT2D eigenvalue weighted by Crippen LogP contribution is 2.31. The minimum absolute atomic E-state index is 0.0715. The van der Waals surface area contributed by atoms with Crippen LogP contribution in [0.2, 0.25) is 5.02 Å². The predicted octanol–water partition coefficient (Wildman–Crippen LogP) is 3.54. The Morgan fingerprint density at radius 2 is 2.29 bits per heavy atom. The maximum absolute atomic E-state index is 12.8. The van der Waals surface area contributed by atoms with Crippen LogP contribution in [0, 0.1) is 0 Å². The first-order valence-electron chi connectivity index (χ1n) is 4.74. The van der Waals surface area contributed by atoms with Crippen LogP contribution in [-0.2, 0) is 16.0 Å². The maximum atomic E-state index is 12.8. The fourth-order valence-corrected chi connectivity index (χ4v) is 2.12. The maximum Gasteiger partial charge on any atom is 0.311 e. The number of aromatic nitrogens is 1. The van der Waals surface area contributed by atoms with Gasteiger partial charge in [0.25, 0.3) is 6.43 Å². The Labute approximate surface area is 110 Å². The smallest absolute Gasteiger partial charge is 0.311 e. The largest absolute Gasteiger partial charge is 0.466 e. The molecule has 0 radical (unpaired) electrons. The number of carbonyl (C=O) groups is 1. The van der Waals surface area contributed by atoms with Crippen LogP contribution in [0.25, 0.3) is 0 Å². The first kappa shape index (κ1) is 14.3. The second-order valence-corrected chi connectivity index (χ2v) is 4.29. The third-order valence-electron chi connectivity index (χ3n) is 1.89. The van der Waals surface area contributed by atoms with Crippen molar-refractivity contribution in [1.82, 2.24) is 4.98 Å². The van der Waals surface area contributed by atoms with Crippen LogP contribution >= 0.6 is 27.5 Å². The van der Waals surface area contributed by atoms with Crippen molar-refractivity contribution in [3.63, 3.8) is 0 Å². The zero-order valence-corrected chi connectivity index (χ0v) is 11.2. The molecule has 0 atom stereocenters. The molecule has 0 spiro atoms. The number of pyridine rings is 1. The number of hydrogen-bond acceptors (Lipinski definition) is 3. The van der Waals surface area contributed by atoms with Gasteiger partial charge in [0.1, 0.15) is 4.60 Å². The molecule has 0 aromatic carbocycles. The zero-order valence-electron chi connectivity index (χ0n) is 8.84. The van der Waals surface area contributed by atoms with Crippen molar-refractivity contribution < 1.29 is 18.3 Å². The molecule has 7 heteroatoms. The Morgan fingerprint density at radius 1 is 1.65 bits per heavy atom. The Morgan fingerprint density at radius 3 is 2.82 bits per heavy atom. The molecule has 0 fully saturated rings. The molecule has 0 aliphatic heterocycles. The van der Waals surface area contributed by atoms with E-state index in [4.69, 9.17) is 11.6 Å². The molecule has 17 heavy (non-hydrogen) atoms. The Balaban J connectivity index is 3.08. The van der Waals surface area contributed by atoms with Crippen molar-refractivity contribution in [2.75, 3.05) is 6.61 Å². The summed E-state index contributed by atoms with van der Waals surface area (Å²) in [5.74, 6) is -0.615. The van der Waals surface area contributed by atoms with Gasteiger partial charge >= 0.3 is 5.97 Å². The van der Waals surface area contributed by atoms with Crippen LogP contribution in [0.4, 0.5) is 8.78 Å². The number of halogens is 4. The Kier molecular flexibility index (Phi) is 5.27. The number of rotatable bonds is 4. The summed E-state index contributed by atoms with van der Waals surface area (Å²) in [6.45, 7) is 1.82. The standard InChI is InChI=1S/C10H9BrClF2NO2/c1-2-17-8(16)4-6-9(10(13)14)5(12)3-7(11)15-6/h3,10H,2,4H2,1H3. The summed E-state index contributed by atoms with van der Waals surface area (Å²) in [5.41, 5.74) is -0.499. The summed E-state index contributed by atoms with van der Waals surface area (Å²) in [4.78, 5) is 15.1. The van der Waals surface area contributed by atoms with Crippen molar-refractivity contribution in [1.29, 1.82) is 0 Å². The lowest BCUT2D eigenvalue weighted by Gasteiger charge is -2.10. The summed E-state index contributed by atoms with van der Waals surface area (Å²) in [6, 6.07) is 1.26. The molecule has 3 nitrogen and oxygen atoms in total. The highest BCUT2D eigenvalue weighted by Gasteiger charge is 2.21. The molecule has 1 aromatic heterocycles. The molecule has 1 aromatic rings. The SMILES string of the molecule is CCOC(=O)Cc1nc(Br)cc(Cl)c1C(F)F. The molecule has 0 amide bonds. The van der Waals surface area contributed by atoms with Gasteiger partial charge in [-0.2, -0.15) is 0 Å². The van der Waals surface area contributed by atoms with Gasteiger partial charge < -0.3 is 4.74 Å². The van der Waals surface area contributed by atoms with E-state index < -0.39 is 18.0 Å². The molecule has 0 bridgehead atoms. The topological polar surface area (TPSA) is 39.2 Å². The molecule has 0 N–H and O–H groups in total. The summed E-state index contributed by atoms with van der Waals surface area (Å²) < 4.78 is 30.5. The van der Waals surface area contributed by atoms with Crippen molar-refractivity contribution in [3.8, 4) is 0 Å². The zero-order chi connectivity index (χ0) is 13.0. The number of ether oxygens (including phenoxy) is 1. The second-order valence-electron chi connectivity index (χ2n) is 3.07. The van der Waals surface area contributed by atoms with Crippen LogP contribution in [0.5, 0.6) is 0 Å². The molecular weight excluding hydrogens is 319 g/mol. The van der Waals surface area contributed by atoms with Gasteiger partial charge in [-0.25, -0.2) is 13.8 Å². The average Bonchev–Trinajstić information content (AvgIpc) is 2.15. The van der Waals surface area contributed by atoms with Gasteiger partial charge in [-0.3, -0.25) is 4.79 Å². The van der Waals surface area contributed by atoms with Crippen LogP contribution in [-0.4, -0.2) is 17.6 Å².